The van der Waals surface area contributed by atoms with Gasteiger partial charge in [0.15, 0.2) is 0 Å². The summed E-state index contributed by atoms with van der Waals surface area (Å²) in [5.74, 6) is 2.47. The minimum atomic E-state index is -0.446. The predicted molar refractivity (Wildman–Crippen MR) is 147 cm³/mol. The molecule has 0 radical (unpaired) electrons. The lowest BCUT2D eigenvalue weighted by Crippen LogP contribution is -2.56. The lowest BCUT2D eigenvalue weighted by molar-refractivity contribution is -0.0140. The van der Waals surface area contributed by atoms with Gasteiger partial charge in [-0.05, 0) is 83.1 Å². The number of nitrogens with zero attached hydrogens (tertiary/aromatic N) is 4. The van der Waals surface area contributed by atoms with Crippen molar-refractivity contribution in [3.05, 3.63) is 29.5 Å². The van der Waals surface area contributed by atoms with Crippen LogP contribution in [0.4, 0.5) is 4.79 Å². The number of aromatic nitrogens is 1. The van der Waals surface area contributed by atoms with Crippen LogP contribution < -0.4 is 10.1 Å². The average Bonchev–Trinajstić information content (AvgIpc) is 3.13. The quantitative estimate of drug-likeness (QED) is 0.586. The van der Waals surface area contributed by atoms with Crippen molar-refractivity contribution >= 4 is 22.9 Å². The lowest BCUT2D eigenvalue weighted by Gasteiger charge is -2.53. The van der Waals surface area contributed by atoms with E-state index in [4.69, 9.17) is 4.74 Å². The molecule has 1 aromatic heterocycles. The van der Waals surface area contributed by atoms with E-state index in [1.54, 1.807) is 0 Å². The molecular weight excluding hydrogens is 466 g/mol. The van der Waals surface area contributed by atoms with Crippen molar-refractivity contribution in [3.8, 4) is 5.75 Å². The van der Waals surface area contributed by atoms with E-state index in [1.807, 2.05) is 51.3 Å². The van der Waals surface area contributed by atoms with Crippen LogP contribution in [-0.4, -0.2) is 98.2 Å². The van der Waals surface area contributed by atoms with Crippen LogP contribution in [0.15, 0.2) is 18.2 Å². The fourth-order valence-electron chi connectivity index (χ4n) is 7.12. The van der Waals surface area contributed by atoms with E-state index in [9.17, 15) is 9.59 Å². The van der Waals surface area contributed by atoms with Crippen LogP contribution in [0.25, 0.3) is 10.9 Å². The van der Waals surface area contributed by atoms with Gasteiger partial charge in [0.05, 0.1) is 5.52 Å². The number of nitrogens with one attached hydrogen (secondary N) is 1. The van der Waals surface area contributed by atoms with Gasteiger partial charge in [-0.2, -0.15) is 0 Å². The Morgan fingerprint density at radius 3 is 2.62 bits per heavy atom. The Bertz CT molecular complexity index is 1160. The van der Waals surface area contributed by atoms with Crippen molar-refractivity contribution in [1.29, 1.82) is 0 Å². The Hall–Kier alpha value is -2.42. The number of rotatable bonds is 8. The van der Waals surface area contributed by atoms with Gasteiger partial charge >= 0.3 is 6.09 Å². The molecule has 2 aromatic rings. The molecule has 202 valence electrons. The summed E-state index contributed by atoms with van der Waals surface area (Å²) in [5, 5.41) is 3.88. The van der Waals surface area contributed by atoms with Crippen LogP contribution >= 0.6 is 0 Å². The maximum atomic E-state index is 13.8. The summed E-state index contributed by atoms with van der Waals surface area (Å²) in [5.41, 5.74) is 3.47. The van der Waals surface area contributed by atoms with Crippen molar-refractivity contribution in [2.45, 2.75) is 51.0 Å². The smallest absolute Gasteiger partial charge is 0.410 e. The van der Waals surface area contributed by atoms with Crippen molar-refractivity contribution < 1.29 is 14.3 Å². The summed E-state index contributed by atoms with van der Waals surface area (Å²) in [6.45, 7) is 6.54. The first-order valence-corrected chi connectivity index (χ1v) is 14.0. The van der Waals surface area contributed by atoms with E-state index in [-0.39, 0.29) is 5.91 Å². The number of carbonyl (C=O) groups is 2. The Labute approximate surface area is 220 Å². The van der Waals surface area contributed by atoms with Crippen LogP contribution in [0, 0.1) is 11.8 Å². The van der Waals surface area contributed by atoms with Crippen LogP contribution in [0.2, 0.25) is 0 Å². The molecule has 1 saturated carbocycles. The minimum absolute atomic E-state index is 0.165. The molecule has 2 saturated heterocycles. The van der Waals surface area contributed by atoms with Crippen molar-refractivity contribution in [2.75, 3.05) is 60.9 Å². The van der Waals surface area contributed by atoms with E-state index in [0.717, 1.165) is 37.0 Å². The molecular formula is C29H43N5O3. The van der Waals surface area contributed by atoms with E-state index in [1.165, 1.54) is 37.1 Å². The third-order valence-corrected chi connectivity index (χ3v) is 8.70. The van der Waals surface area contributed by atoms with Crippen LogP contribution in [0.1, 0.15) is 54.6 Å². The van der Waals surface area contributed by atoms with Crippen molar-refractivity contribution in [3.63, 3.8) is 0 Å². The molecule has 4 aliphatic rings. The normalized spacial score (nSPS) is 26.4. The molecule has 1 amide bonds. The first-order valence-electron chi connectivity index (χ1n) is 14.0. The first kappa shape index (κ1) is 26.2. The summed E-state index contributed by atoms with van der Waals surface area (Å²) < 4.78 is 7.72. The van der Waals surface area contributed by atoms with Gasteiger partial charge in [0.25, 0.3) is 0 Å². The summed E-state index contributed by atoms with van der Waals surface area (Å²) in [7, 11) is 7.96. The monoisotopic (exact) mass is 509 g/mol. The number of piperidine rings is 2. The predicted octanol–water partition coefficient (Wildman–Crippen LogP) is 3.64. The van der Waals surface area contributed by atoms with Crippen molar-refractivity contribution in [1.82, 2.24) is 24.6 Å². The zero-order chi connectivity index (χ0) is 26.3. The summed E-state index contributed by atoms with van der Waals surface area (Å²) in [6.07, 6.45) is 4.64. The van der Waals surface area contributed by atoms with E-state index in [0.29, 0.717) is 42.5 Å². The highest BCUT2D eigenvalue weighted by atomic mass is 16.6. The van der Waals surface area contributed by atoms with Gasteiger partial charge in [-0.3, -0.25) is 14.3 Å². The number of likely N-dealkylation sites (N-methyl/N-ethyl adjacent to an activating group) is 1. The molecule has 2 unspecified atom stereocenters. The number of carbonyl (C=O) groups excluding carboxylic acids is 2. The number of amides is 1. The second-order valence-electron chi connectivity index (χ2n) is 11.8. The van der Waals surface area contributed by atoms with Gasteiger partial charge in [-0.25, -0.2) is 4.79 Å². The number of hydrogen-bond acceptors (Lipinski definition) is 6. The standard InChI is InChI=1S/C29H43N5O3/c1-6-20-15-19-16-24-27(20)33(18-19)13-9-22-23-17-21(37-29(36)30-11-14-32(4)5)7-8-25(23)34(28(22)24)26(35)10-12-31(2)3/h7-8,17,19-20,24,27H,6,9-16,18H2,1-5H3,(H,30,36)/t19-,20-,24+,27?/m0/s1. The van der Waals surface area contributed by atoms with Crippen LogP contribution in [-0.2, 0) is 6.42 Å². The Kier molecular flexibility index (Phi) is 7.61. The molecule has 5 atom stereocenters. The third kappa shape index (κ3) is 5.16. The molecule has 4 heterocycles. The lowest BCUT2D eigenvalue weighted by atomic mass is 9.65. The summed E-state index contributed by atoms with van der Waals surface area (Å²) >= 11 is 0. The Morgan fingerprint density at radius 1 is 1.11 bits per heavy atom. The molecule has 0 spiro atoms. The molecule has 8 nitrogen and oxygen atoms in total. The second kappa shape index (κ2) is 10.8. The molecule has 37 heavy (non-hydrogen) atoms. The van der Waals surface area contributed by atoms with Gasteiger partial charge in [0.1, 0.15) is 5.75 Å². The third-order valence-electron chi connectivity index (χ3n) is 8.70. The molecule has 1 aliphatic carbocycles. The highest BCUT2D eigenvalue weighted by Crippen LogP contribution is 2.52. The van der Waals surface area contributed by atoms with Gasteiger partial charge in [-0.1, -0.05) is 13.3 Å². The maximum Gasteiger partial charge on any atom is 0.412 e. The molecule has 4 bridgehead atoms. The molecule has 1 aromatic carbocycles. The second-order valence-corrected chi connectivity index (χ2v) is 11.8. The van der Waals surface area contributed by atoms with Crippen molar-refractivity contribution in [2.24, 2.45) is 11.8 Å². The fourth-order valence-corrected chi connectivity index (χ4v) is 7.12. The van der Waals surface area contributed by atoms with Crippen LogP contribution in [0.3, 0.4) is 0 Å². The number of ether oxygens (including phenoxy) is 1. The largest absolute Gasteiger partial charge is 0.412 e. The number of fused-ring (bicyclic) bond motifs is 4. The molecule has 3 aliphatic heterocycles. The van der Waals surface area contributed by atoms with Gasteiger partial charge in [-0.15, -0.1) is 0 Å². The minimum Gasteiger partial charge on any atom is -0.410 e. The highest BCUT2D eigenvalue weighted by Gasteiger charge is 2.49. The van der Waals surface area contributed by atoms with Gasteiger partial charge in [0.2, 0.25) is 5.91 Å². The molecule has 8 heteroatoms. The summed E-state index contributed by atoms with van der Waals surface area (Å²) in [6, 6.07) is 6.31. The zero-order valence-electron chi connectivity index (χ0n) is 23.1. The molecule has 6 rings (SSSR count). The number of hydrogen-bond donors (Lipinski definition) is 1. The topological polar surface area (TPSA) is 70.0 Å². The van der Waals surface area contributed by atoms with E-state index >= 15 is 0 Å². The van der Waals surface area contributed by atoms with Gasteiger partial charge < -0.3 is 19.9 Å². The molecule has 1 N–H and O–H groups in total. The zero-order valence-corrected chi connectivity index (χ0v) is 23.1. The van der Waals surface area contributed by atoms with E-state index in [2.05, 4.69) is 26.6 Å². The highest BCUT2D eigenvalue weighted by molar-refractivity contribution is 5.97. The van der Waals surface area contributed by atoms with Crippen LogP contribution in [0.5, 0.6) is 5.75 Å². The number of benzene rings is 1. The maximum absolute atomic E-state index is 13.8. The fraction of sp³-hybridized carbons (Fsp3) is 0.655. The first-order chi connectivity index (χ1) is 17.8. The Balaban J connectivity index is 1.53. The SMILES string of the molecule is CC[C@H]1C[C@H]2C[C@H]3c4c(c5cc(OC(=O)NCCN(C)C)ccc5n4C(=O)CCN(C)C)CCN(C2)C13. The average molecular weight is 510 g/mol. The van der Waals surface area contributed by atoms with Gasteiger partial charge in [0, 0.05) is 62.2 Å². The van der Waals surface area contributed by atoms with E-state index < -0.39 is 6.09 Å². The Morgan fingerprint density at radius 2 is 1.89 bits per heavy atom. The molecule has 3 fully saturated rings. The summed E-state index contributed by atoms with van der Waals surface area (Å²) in [4.78, 5) is 33.0.